The summed E-state index contributed by atoms with van der Waals surface area (Å²) in [5.41, 5.74) is 5.41. The summed E-state index contributed by atoms with van der Waals surface area (Å²) < 4.78 is 0. The monoisotopic (exact) mass is 330 g/mol. The fourth-order valence-electron chi connectivity index (χ4n) is 1.98. The van der Waals surface area contributed by atoms with E-state index >= 15 is 0 Å². The summed E-state index contributed by atoms with van der Waals surface area (Å²) in [5.74, 6) is -0.336. The first-order valence-corrected chi connectivity index (χ1v) is 7.32. The molecule has 1 heterocycles. The van der Waals surface area contributed by atoms with Crippen molar-refractivity contribution >= 4 is 23.2 Å². The smallest absolute Gasteiger partial charge is 0.354 e. The number of rotatable bonds is 7. The SMILES string of the molecule is CC(C)Nc1ncnc(NNC(=O)Cc2ccccc2)c1[N+](=O)[O-]. The van der Waals surface area contributed by atoms with Gasteiger partial charge in [-0.3, -0.25) is 25.8 Å². The van der Waals surface area contributed by atoms with E-state index in [0.717, 1.165) is 5.56 Å². The number of hydrogen-bond donors (Lipinski definition) is 3. The third kappa shape index (κ3) is 4.63. The van der Waals surface area contributed by atoms with Crippen LogP contribution in [-0.2, 0) is 11.2 Å². The lowest BCUT2D eigenvalue weighted by Crippen LogP contribution is -2.31. The molecular formula is C15H18N6O3. The predicted octanol–water partition coefficient (Wildman–Crippen LogP) is 1.89. The zero-order chi connectivity index (χ0) is 17.5. The van der Waals surface area contributed by atoms with Gasteiger partial charge >= 0.3 is 5.69 Å². The number of amides is 1. The average Bonchev–Trinajstić information content (AvgIpc) is 2.53. The van der Waals surface area contributed by atoms with Gasteiger partial charge in [0.2, 0.25) is 17.5 Å². The van der Waals surface area contributed by atoms with Crippen molar-refractivity contribution in [3.8, 4) is 0 Å². The maximum absolute atomic E-state index is 11.9. The second-order valence-electron chi connectivity index (χ2n) is 5.31. The Hall–Kier alpha value is -3.23. The summed E-state index contributed by atoms with van der Waals surface area (Å²) in [4.78, 5) is 30.3. The van der Waals surface area contributed by atoms with Gasteiger partial charge in [-0.05, 0) is 19.4 Å². The van der Waals surface area contributed by atoms with Crippen molar-refractivity contribution in [2.24, 2.45) is 0 Å². The Bertz CT molecular complexity index is 720. The van der Waals surface area contributed by atoms with Crippen molar-refractivity contribution in [3.63, 3.8) is 0 Å². The van der Waals surface area contributed by atoms with Crippen LogP contribution in [0, 0.1) is 10.1 Å². The molecule has 1 aromatic heterocycles. The van der Waals surface area contributed by atoms with Crippen LogP contribution in [0.25, 0.3) is 0 Å². The molecule has 0 aliphatic carbocycles. The number of anilines is 2. The highest BCUT2D eigenvalue weighted by Crippen LogP contribution is 2.28. The summed E-state index contributed by atoms with van der Waals surface area (Å²) in [6, 6.07) is 9.10. The molecule has 0 unspecified atom stereocenters. The number of nitrogens with zero attached hydrogens (tertiary/aromatic N) is 3. The minimum Gasteiger partial charge on any atom is -0.362 e. The van der Waals surface area contributed by atoms with Gasteiger partial charge in [-0.15, -0.1) is 0 Å². The van der Waals surface area contributed by atoms with Crippen molar-refractivity contribution in [3.05, 3.63) is 52.3 Å². The Kier molecular flexibility index (Phi) is 5.61. The number of hydrazine groups is 1. The molecule has 1 amide bonds. The van der Waals surface area contributed by atoms with Crippen LogP contribution < -0.4 is 16.2 Å². The number of hydrogen-bond acceptors (Lipinski definition) is 7. The Labute approximate surface area is 138 Å². The van der Waals surface area contributed by atoms with Crippen molar-refractivity contribution in [2.75, 3.05) is 10.7 Å². The van der Waals surface area contributed by atoms with Crippen LogP contribution in [0.1, 0.15) is 19.4 Å². The van der Waals surface area contributed by atoms with Crippen molar-refractivity contribution in [2.45, 2.75) is 26.3 Å². The molecule has 24 heavy (non-hydrogen) atoms. The lowest BCUT2D eigenvalue weighted by Gasteiger charge is -2.12. The fraction of sp³-hybridized carbons (Fsp3) is 0.267. The number of carbonyl (C=O) groups is 1. The van der Waals surface area contributed by atoms with Gasteiger partial charge in [-0.25, -0.2) is 9.97 Å². The molecule has 0 aliphatic rings. The quantitative estimate of drug-likeness (QED) is 0.523. The van der Waals surface area contributed by atoms with Crippen LogP contribution in [0.2, 0.25) is 0 Å². The van der Waals surface area contributed by atoms with Gasteiger partial charge in [-0.1, -0.05) is 30.3 Å². The molecule has 9 heteroatoms. The summed E-state index contributed by atoms with van der Waals surface area (Å²) in [7, 11) is 0. The Morgan fingerprint density at radius 3 is 2.50 bits per heavy atom. The molecule has 0 fully saturated rings. The molecule has 0 atom stereocenters. The predicted molar refractivity (Wildman–Crippen MR) is 89.4 cm³/mol. The lowest BCUT2D eigenvalue weighted by atomic mass is 10.1. The molecule has 0 spiro atoms. The Balaban J connectivity index is 2.09. The first-order valence-electron chi connectivity index (χ1n) is 7.32. The van der Waals surface area contributed by atoms with E-state index in [1.807, 2.05) is 44.2 Å². The van der Waals surface area contributed by atoms with Crippen LogP contribution >= 0.6 is 0 Å². The molecule has 3 N–H and O–H groups in total. The number of nitro groups is 1. The standard InChI is InChI=1S/C15H18N6O3/c1-10(2)18-14-13(21(23)24)15(17-9-16-14)20-19-12(22)8-11-6-4-3-5-7-11/h3-7,9-10H,8H2,1-2H3,(H,19,22)(H2,16,17,18,20). The highest BCUT2D eigenvalue weighted by molar-refractivity contribution is 5.80. The van der Waals surface area contributed by atoms with Crippen molar-refractivity contribution in [1.29, 1.82) is 0 Å². The summed E-state index contributed by atoms with van der Waals surface area (Å²) in [6.07, 6.45) is 1.33. The molecular weight excluding hydrogens is 312 g/mol. The van der Waals surface area contributed by atoms with E-state index in [9.17, 15) is 14.9 Å². The number of carbonyl (C=O) groups excluding carboxylic acids is 1. The second-order valence-corrected chi connectivity index (χ2v) is 5.31. The number of nitrogens with one attached hydrogen (secondary N) is 3. The van der Waals surface area contributed by atoms with E-state index in [2.05, 4.69) is 26.1 Å². The van der Waals surface area contributed by atoms with Gasteiger partial charge in [0.25, 0.3) is 0 Å². The normalized spacial score (nSPS) is 10.3. The van der Waals surface area contributed by atoms with Gasteiger partial charge < -0.3 is 5.32 Å². The number of aromatic nitrogens is 2. The topological polar surface area (TPSA) is 122 Å². The lowest BCUT2D eigenvalue weighted by molar-refractivity contribution is -0.383. The summed E-state index contributed by atoms with van der Waals surface area (Å²) >= 11 is 0. The molecule has 0 saturated carbocycles. The van der Waals surface area contributed by atoms with E-state index in [0.29, 0.717) is 0 Å². The highest BCUT2D eigenvalue weighted by Gasteiger charge is 2.23. The molecule has 2 aromatic rings. The summed E-state index contributed by atoms with van der Waals surface area (Å²) in [6.45, 7) is 3.67. The van der Waals surface area contributed by atoms with Gasteiger partial charge in [0.1, 0.15) is 6.33 Å². The first-order chi connectivity index (χ1) is 11.5. The average molecular weight is 330 g/mol. The van der Waals surface area contributed by atoms with Crippen LogP contribution in [0.4, 0.5) is 17.3 Å². The fourth-order valence-corrected chi connectivity index (χ4v) is 1.98. The van der Waals surface area contributed by atoms with E-state index in [-0.39, 0.29) is 35.7 Å². The molecule has 1 aromatic carbocycles. The van der Waals surface area contributed by atoms with Gasteiger partial charge in [0.15, 0.2) is 0 Å². The zero-order valence-electron chi connectivity index (χ0n) is 13.3. The molecule has 0 radical (unpaired) electrons. The van der Waals surface area contributed by atoms with Crippen LogP contribution in [0.3, 0.4) is 0 Å². The molecule has 0 saturated heterocycles. The molecule has 0 aliphatic heterocycles. The van der Waals surface area contributed by atoms with E-state index in [1.165, 1.54) is 6.33 Å². The van der Waals surface area contributed by atoms with Gasteiger partial charge in [-0.2, -0.15) is 0 Å². The third-order valence-electron chi connectivity index (χ3n) is 2.96. The molecule has 0 bridgehead atoms. The van der Waals surface area contributed by atoms with Crippen LogP contribution in [-0.4, -0.2) is 26.8 Å². The second kappa shape index (κ2) is 7.86. The molecule has 126 valence electrons. The summed E-state index contributed by atoms with van der Waals surface area (Å²) in [5, 5.41) is 14.2. The largest absolute Gasteiger partial charge is 0.362 e. The number of benzene rings is 1. The van der Waals surface area contributed by atoms with E-state index in [4.69, 9.17) is 0 Å². The van der Waals surface area contributed by atoms with Crippen LogP contribution in [0.5, 0.6) is 0 Å². The Morgan fingerprint density at radius 1 is 1.21 bits per heavy atom. The van der Waals surface area contributed by atoms with Crippen molar-refractivity contribution in [1.82, 2.24) is 15.4 Å². The highest BCUT2D eigenvalue weighted by atomic mass is 16.6. The van der Waals surface area contributed by atoms with Crippen molar-refractivity contribution < 1.29 is 9.72 Å². The molecule has 2 rings (SSSR count). The van der Waals surface area contributed by atoms with Gasteiger partial charge in [0, 0.05) is 6.04 Å². The Morgan fingerprint density at radius 2 is 1.88 bits per heavy atom. The maximum Gasteiger partial charge on any atom is 0.354 e. The van der Waals surface area contributed by atoms with E-state index < -0.39 is 4.92 Å². The van der Waals surface area contributed by atoms with Crippen LogP contribution in [0.15, 0.2) is 36.7 Å². The zero-order valence-corrected chi connectivity index (χ0v) is 13.3. The third-order valence-corrected chi connectivity index (χ3v) is 2.96. The van der Waals surface area contributed by atoms with E-state index in [1.54, 1.807) is 0 Å². The minimum absolute atomic E-state index is 0.0425. The maximum atomic E-state index is 11.9. The molecule has 9 nitrogen and oxygen atoms in total. The first kappa shape index (κ1) is 17.1. The minimum atomic E-state index is -0.601. The van der Waals surface area contributed by atoms with Gasteiger partial charge in [0.05, 0.1) is 11.3 Å².